The third-order valence-electron chi connectivity index (χ3n) is 6.48. The topological polar surface area (TPSA) is 67.2 Å². The van der Waals surface area contributed by atoms with Gasteiger partial charge in [0.15, 0.2) is 0 Å². The van der Waals surface area contributed by atoms with Crippen LogP contribution in [0.2, 0.25) is 0 Å². The summed E-state index contributed by atoms with van der Waals surface area (Å²) in [5.74, 6) is 0.0827. The number of nitrogens with zero attached hydrogens (tertiary/aromatic N) is 2. The van der Waals surface area contributed by atoms with Crippen molar-refractivity contribution < 1.29 is 9.90 Å². The van der Waals surface area contributed by atoms with Gasteiger partial charge in [0.1, 0.15) is 0 Å². The molecule has 2 saturated carbocycles. The summed E-state index contributed by atoms with van der Waals surface area (Å²) in [5.41, 5.74) is 2.85. The molecule has 2 unspecified atom stereocenters. The molecule has 26 heavy (non-hydrogen) atoms. The van der Waals surface area contributed by atoms with Crippen LogP contribution in [0.3, 0.4) is 0 Å². The van der Waals surface area contributed by atoms with Gasteiger partial charge in [-0.15, -0.1) is 0 Å². The fourth-order valence-corrected chi connectivity index (χ4v) is 4.64. The standard InChI is InChI=1S/C21H27N3O2/c1-24-18(12-15-6-3-2-4-7-15)17(14-23-24)20(26)22-13-16-8-11-21(19(16)25)9-5-10-21/h2-4,6-7,14,16,19,25H,5,8-13H2,1H3,(H,22,26). The lowest BCUT2D eigenvalue weighted by Crippen LogP contribution is -2.42. The minimum absolute atomic E-state index is 0.0919. The van der Waals surface area contributed by atoms with Crippen LogP contribution in [0.1, 0.15) is 53.7 Å². The van der Waals surface area contributed by atoms with Gasteiger partial charge in [0.2, 0.25) is 0 Å². The van der Waals surface area contributed by atoms with Crippen LogP contribution in [0.25, 0.3) is 0 Å². The molecule has 0 aliphatic heterocycles. The maximum absolute atomic E-state index is 12.7. The molecule has 4 rings (SSSR count). The van der Waals surface area contributed by atoms with Gasteiger partial charge in [-0.05, 0) is 36.7 Å². The number of benzene rings is 1. The lowest BCUT2D eigenvalue weighted by atomic mass is 9.65. The molecule has 5 heteroatoms. The third kappa shape index (κ3) is 3.05. The summed E-state index contributed by atoms with van der Waals surface area (Å²) < 4.78 is 1.77. The normalized spacial score (nSPS) is 23.8. The summed E-state index contributed by atoms with van der Waals surface area (Å²) in [6.45, 7) is 0.543. The molecular formula is C21H27N3O2. The van der Waals surface area contributed by atoms with E-state index in [4.69, 9.17) is 0 Å². The first-order chi connectivity index (χ1) is 12.6. The van der Waals surface area contributed by atoms with E-state index >= 15 is 0 Å². The smallest absolute Gasteiger partial charge is 0.254 e. The van der Waals surface area contributed by atoms with Crippen LogP contribution in [0, 0.1) is 11.3 Å². The van der Waals surface area contributed by atoms with Gasteiger partial charge in [0.25, 0.3) is 5.91 Å². The van der Waals surface area contributed by atoms with Crippen molar-refractivity contribution in [3.05, 3.63) is 53.3 Å². The summed E-state index contributed by atoms with van der Waals surface area (Å²) in [7, 11) is 1.87. The lowest BCUT2D eigenvalue weighted by molar-refractivity contribution is -0.0279. The number of nitrogens with one attached hydrogen (secondary N) is 1. The number of hydrogen-bond acceptors (Lipinski definition) is 3. The molecule has 1 aromatic carbocycles. The lowest BCUT2D eigenvalue weighted by Gasteiger charge is -2.42. The van der Waals surface area contributed by atoms with Crippen molar-refractivity contribution in [1.29, 1.82) is 0 Å². The number of aliphatic hydroxyl groups excluding tert-OH is 1. The van der Waals surface area contributed by atoms with E-state index in [-0.39, 0.29) is 23.3 Å². The molecule has 1 amide bonds. The highest BCUT2D eigenvalue weighted by atomic mass is 16.3. The molecule has 0 bridgehead atoms. The predicted molar refractivity (Wildman–Crippen MR) is 99.8 cm³/mol. The number of hydrogen-bond donors (Lipinski definition) is 2. The molecule has 0 saturated heterocycles. The molecule has 1 heterocycles. The molecule has 2 atom stereocenters. The number of aromatic nitrogens is 2. The molecule has 1 spiro atoms. The summed E-state index contributed by atoms with van der Waals surface area (Å²) in [4.78, 5) is 12.7. The van der Waals surface area contributed by atoms with Gasteiger partial charge in [-0.1, -0.05) is 36.8 Å². The fraction of sp³-hybridized carbons (Fsp3) is 0.524. The van der Waals surface area contributed by atoms with E-state index in [9.17, 15) is 9.90 Å². The Balaban J connectivity index is 1.41. The van der Waals surface area contributed by atoms with Crippen LogP contribution in [0.5, 0.6) is 0 Å². The number of carbonyl (C=O) groups excluding carboxylic acids is 1. The second kappa shape index (κ2) is 6.88. The van der Waals surface area contributed by atoms with E-state index in [1.807, 2.05) is 25.2 Å². The Kier molecular flexibility index (Phi) is 4.57. The number of aryl methyl sites for hydroxylation is 1. The second-order valence-corrected chi connectivity index (χ2v) is 7.96. The van der Waals surface area contributed by atoms with E-state index in [2.05, 4.69) is 22.5 Å². The van der Waals surface area contributed by atoms with E-state index in [0.29, 0.717) is 18.5 Å². The van der Waals surface area contributed by atoms with E-state index in [1.165, 1.54) is 6.42 Å². The van der Waals surface area contributed by atoms with Gasteiger partial charge in [-0.2, -0.15) is 5.10 Å². The zero-order chi connectivity index (χ0) is 18.1. The van der Waals surface area contributed by atoms with E-state index in [0.717, 1.165) is 36.9 Å². The summed E-state index contributed by atoms with van der Waals surface area (Å²) in [6, 6.07) is 10.1. The van der Waals surface area contributed by atoms with Gasteiger partial charge in [-0.25, -0.2) is 0 Å². The highest BCUT2D eigenvalue weighted by molar-refractivity contribution is 5.95. The Bertz CT molecular complexity index is 780. The third-order valence-corrected chi connectivity index (χ3v) is 6.48. The molecule has 2 fully saturated rings. The highest BCUT2D eigenvalue weighted by Crippen LogP contribution is 2.54. The van der Waals surface area contributed by atoms with Crippen molar-refractivity contribution in [2.24, 2.45) is 18.4 Å². The van der Waals surface area contributed by atoms with Crippen molar-refractivity contribution in [3.8, 4) is 0 Å². The zero-order valence-electron chi connectivity index (χ0n) is 15.3. The van der Waals surface area contributed by atoms with Crippen LogP contribution in [-0.2, 0) is 13.5 Å². The zero-order valence-corrected chi connectivity index (χ0v) is 15.3. The number of rotatable bonds is 5. The van der Waals surface area contributed by atoms with E-state index < -0.39 is 0 Å². The minimum Gasteiger partial charge on any atom is -0.392 e. The Labute approximate surface area is 154 Å². The maximum Gasteiger partial charge on any atom is 0.254 e. The average molecular weight is 353 g/mol. The Morgan fingerprint density at radius 2 is 2.08 bits per heavy atom. The first kappa shape index (κ1) is 17.3. The first-order valence-electron chi connectivity index (χ1n) is 9.60. The predicted octanol–water partition coefficient (Wildman–Crippen LogP) is 2.68. The first-order valence-corrected chi connectivity index (χ1v) is 9.60. The number of amides is 1. The SMILES string of the molecule is Cn1ncc(C(=O)NCC2CCC3(CCC3)C2O)c1Cc1ccccc1. The van der Waals surface area contributed by atoms with Crippen LogP contribution >= 0.6 is 0 Å². The van der Waals surface area contributed by atoms with Gasteiger partial charge < -0.3 is 10.4 Å². The number of aliphatic hydroxyl groups is 1. The molecule has 2 aliphatic carbocycles. The van der Waals surface area contributed by atoms with Crippen molar-refractivity contribution in [2.45, 2.75) is 44.6 Å². The Hall–Kier alpha value is -2.14. The monoisotopic (exact) mass is 353 g/mol. The van der Waals surface area contributed by atoms with Gasteiger partial charge in [-0.3, -0.25) is 9.48 Å². The summed E-state index contributed by atoms with van der Waals surface area (Å²) in [6.07, 6.45) is 7.67. The Morgan fingerprint density at radius 1 is 1.31 bits per heavy atom. The van der Waals surface area contributed by atoms with Crippen molar-refractivity contribution >= 4 is 5.91 Å². The fourth-order valence-electron chi connectivity index (χ4n) is 4.64. The van der Waals surface area contributed by atoms with Crippen LogP contribution < -0.4 is 5.32 Å². The van der Waals surface area contributed by atoms with Gasteiger partial charge >= 0.3 is 0 Å². The van der Waals surface area contributed by atoms with Crippen LogP contribution in [0.4, 0.5) is 0 Å². The number of carbonyl (C=O) groups is 1. The van der Waals surface area contributed by atoms with Crippen LogP contribution in [-0.4, -0.2) is 33.4 Å². The maximum atomic E-state index is 12.7. The summed E-state index contributed by atoms with van der Waals surface area (Å²) in [5, 5.41) is 18.0. The Morgan fingerprint density at radius 3 is 2.73 bits per heavy atom. The molecule has 0 radical (unpaired) electrons. The highest BCUT2D eigenvalue weighted by Gasteiger charge is 2.50. The molecular weight excluding hydrogens is 326 g/mol. The quantitative estimate of drug-likeness (QED) is 0.868. The van der Waals surface area contributed by atoms with Crippen molar-refractivity contribution in [1.82, 2.24) is 15.1 Å². The molecule has 2 N–H and O–H groups in total. The van der Waals surface area contributed by atoms with E-state index in [1.54, 1.807) is 10.9 Å². The van der Waals surface area contributed by atoms with Crippen molar-refractivity contribution in [2.75, 3.05) is 6.54 Å². The average Bonchev–Trinajstić information content (AvgIpc) is 3.14. The molecule has 1 aromatic heterocycles. The minimum atomic E-state index is -0.269. The largest absolute Gasteiger partial charge is 0.392 e. The van der Waals surface area contributed by atoms with Gasteiger partial charge in [0, 0.05) is 25.9 Å². The second-order valence-electron chi connectivity index (χ2n) is 7.96. The van der Waals surface area contributed by atoms with Gasteiger partial charge in [0.05, 0.1) is 23.6 Å². The van der Waals surface area contributed by atoms with Crippen LogP contribution in [0.15, 0.2) is 36.5 Å². The summed E-state index contributed by atoms with van der Waals surface area (Å²) >= 11 is 0. The molecule has 5 nitrogen and oxygen atoms in total. The molecule has 138 valence electrons. The molecule has 2 aromatic rings. The molecule has 2 aliphatic rings. The van der Waals surface area contributed by atoms with Crippen molar-refractivity contribution in [3.63, 3.8) is 0 Å².